The molecule has 0 aliphatic rings. The van der Waals surface area contributed by atoms with Gasteiger partial charge in [0.15, 0.2) is 0 Å². The Bertz CT molecular complexity index is 506. The van der Waals surface area contributed by atoms with Crippen LogP contribution in [0.3, 0.4) is 0 Å². The molecule has 0 saturated carbocycles. The van der Waals surface area contributed by atoms with Crippen LogP contribution in [-0.2, 0) is 6.54 Å². The van der Waals surface area contributed by atoms with Crippen molar-refractivity contribution in [3.8, 4) is 0 Å². The van der Waals surface area contributed by atoms with E-state index in [0.29, 0.717) is 0 Å². The Balaban J connectivity index is 2.02. The minimum Gasteiger partial charge on any atom is -0.381 e. The first kappa shape index (κ1) is 12.3. The van der Waals surface area contributed by atoms with Crippen molar-refractivity contribution in [3.05, 3.63) is 63.6 Å². The molecule has 0 spiro atoms. The maximum Gasteiger partial charge on any atom is 0.0438 e. The van der Waals surface area contributed by atoms with Gasteiger partial charge in [-0.2, -0.15) is 0 Å². The molecule has 1 nitrogen and oxygen atoms in total. The summed E-state index contributed by atoms with van der Waals surface area (Å²) < 4.78 is 0. The molecule has 0 heterocycles. The van der Waals surface area contributed by atoms with Gasteiger partial charge in [0.2, 0.25) is 0 Å². The number of nitrogens with one attached hydrogen (secondary N) is 1. The van der Waals surface area contributed by atoms with E-state index in [9.17, 15) is 0 Å². The molecule has 17 heavy (non-hydrogen) atoms. The summed E-state index contributed by atoms with van der Waals surface area (Å²) in [5, 5.41) is 4.87. The highest BCUT2D eigenvalue weighted by atomic mass is 35.5. The summed E-state index contributed by atoms with van der Waals surface area (Å²) in [6.07, 6.45) is 0. The largest absolute Gasteiger partial charge is 0.381 e. The Morgan fingerprint density at radius 2 is 1.71 bits per heavy atom. The van der Waals surface area contributed by atoms with Gasteiger partial charge in [0.05, 0.1) is 0 Å². The highest BCUT2D eigenvalue weighted by Crippen LogP contribution is 2.18. The molecule has 0 aliphatic heterocycles. The molecule has 2 aromatic carbocycles. The summed E-state index contributed by atoms with van der Waals surface area (Å²) in [6, 6.07) is 13.7. The van der Waals surface area contributed by atoms with Crippen LogP contribution in [0.15, 0.2) is 42.5 Å². The van der Waals surface area contributed by atoms with Crippen LogP contribution in [0.25, 0.3) is 0 Å². The summed E-state index contributed by atoms with van der Waals surface area (Å²) in [6.45, 7) is 2.75. The zero-order valence-corrected chi connectivity index (χ0v) is 11.0. The minimum absolute atomic E-state index is 0.744. The summed E-state index contributed by atoms with van der Waals surface area (Å²) in [4.78, 5) is 0. The van der Waals surface area contributed by atoms with E-state index in [-0.39, 0.29) is 0 Å². The standard InChI is InChI=1S/C14H13Cl2N/c1-10-2-3-11(8-14(10)16)9-17-13-6-4-12(15)5-7-13/h2-8,17H,9H2,1H3. The average Bonchev–Trinajstić information content (AvgIpc) is 2.33. The normalized spacial score (nSPS) is 10.3. The van der Waals surface area contributed by atoms with Crippen molar-refractivity contribution in [2.45, 2.75) is 13.5 Å². The van der Waals surface area contributed by atoms with Crippen molar-refractivity contribution < 1.29 is 0 Å². The number of aryl methyl sites for hydroxylation is 1. The lowest BCUT2D eigenvalue weighted by atomic mass is 10.1. The molecule has 0 atom stereocenters. The van der Waals surface area contributed by atoms with Crippen molar-refractivity contribution in [2.75, 3.05) is 5.32 Å². The number of anilines is 1. The van der Waals surface area contributed by atoms with Crippen molar-refractivity contribution in [3.63, 3.8) is 0 Å². The predicted molar refractivity (Wildman–Crippen MR) is 75.0 cm³/mol. The van der Waals surface area contributed by atoms with E-state index in [1.165, 1.54) is 0 Å². The van der Waals surface area contributed by atoms with E-state index in [1.54, 1.807) is 0 Å². The number of hydrogen-bond donors (Lipinski definition) is 1. The maximum atomic E-state index is 6.07. The number of rotatable bonds is 3. The molecular weight excluding hydrogens is 253 g/mol. The molecule has 0 fully saturated rings. The lowest BCUT2D eigenvalue weighted by Crippen LogP contribution is -1.99. The van der Waals surface area contributed by atoms with Crippen LogP contribution in [0, 0.1) is 6.92 Å². The van der Waals surface area contributed by atoms with Crippen LogP contribution in [-0.4, -0.2) is 0 Å². The van der Waals surface area contributed by atoms with Gasteiger partial charge in [0.1, 0.15) is 0 Å². The molecule has 1 N–H and O–H groups in total. The Morgan fingerprint density at radius 1 is 1.00 bits per heavy atom. The quantitative estimate of drug-likeness (QED) is 0.831. The second-order valence-electron chi connectivity index (χ2n) is 3.94. The first-order valence-electron chi connectivity index (χ1n) is 5.39. The molecule has 2 rings (SSSR count). The number of hydrogen-bond acceptors (Lipinski definition) is 1. The summed E-state index contributed by atoms with van der Waals surface area (Å²) >= 11 is 11.9. The van der Waals surface area contributed by atoms with Crippen molar-refractivity contribution in [2.24, 2.45) is 0 Å². The summed E-state index contributed by atoms with van der Waals surface area (Å²) in [7, 11) is 0. The summed E-state index contributed by atoms with van der Waals surface area (Å²) in [5.74, 6) is 0. The third-order valence-corrected chi connectivity index (χ3v) is 3.24. The number of halogens is 2. The Morgan fingerprint density at radius 3 is 2.35 bits per heavy atom. The maximum absolute atomic E-state index is 6.07. The van der Waals surface area contributed by atoms with E-state index in [0.717, 1.165) is 33.4 Å². The van der Waals surface area contributed by atoms with Gasteiger partial charge in [-0.1, -0.05) is 35.3 Å². The van der Waals surface area contributed by atoms with Gasteiger partial charge in [-0.25, -0.2) is 0 Å². The van der Waals surface area contributed by atoms with Gasteiger partial charge in [0, 0.05) is 22.3 Å². The topological polar surface area (TPSA) is 12.0 Å². The molecular formula is C14H13Cl2N. The molecule has 0 aliphatic carbocycles. The highest BCUT2D eigenvalue weighted by molar-refractivity contribution is 6.31. The third-order valence-electron chi connectivity index (χ3n) is 2.58. The van der Waals surface area contributed by atoms with Gasteiger partial charge < -0.3 is 5.32 Å². The fraction of sp³-hybridized carbons (Fsp3) is 0.143. The van der Waals surface area contributed by atoms with Crippen molar-refractivity contribution >= 4 is 28.9 Å². The second kappa shape index (κ2) is 5.44. The summed E-state index contributed by atoms with van der Waals surface area (Å²) in [5.41, 5.74) is 3.31. The number of benzene rings is 2. The Hall–Kier alpha value is -1.18. The van der Waals surface area contributed by atoms with Gasteiger partial charge in [-0.15, -0.1) is 0 Å². The van der Waals surface area contributed by atoms with Crippen LogP contribution in [0.2, 0.25) is 10.0 Å². The van der Waals surface area contributed by atoms with Crippen molar-refractivity contribution in [1.29, 1.82) is 0 Å². The Kier molecular flexibility index (Phi) is 3.93. The smallest absolute Gasteiger partial charge is 0.0438 e. The van der Waals surface area contributed by atoms with Crippen molar-refractivity contribution in [1.82, 2.24) is 0 Å². The molecule has 2 aromatic rings. The van der Waals surface area contributed by atoms with E-state index < -0.39 is 0 Å². The molecule has 88 valence electrons. The highest BCUT2D eigenvalue weighted by Gasteiger charge is 1.98. The van der Waals surface area contributed by atoms with Gasteiger partial charge >= 0.3 is 0 Å². The molecule has 3 heteroatoms. The third kappa shape index (κ3) is 3.39. The van der Waals surface area contributed by atoms with Crippen LogP contribution in [0.5, 0.6) is 0 Å². The van der Waals surface area contributed by atoms with E-state index in [1.807, 2.05) is 43.3 Å². The van der Waals surface area contributed by atoms with Crippen LogP contribution in [0.4, 0.5) is 5.69 Å². The predicted octanol–water partition coefficient (Wildman–Crippen LogP) is 4.91. The zero-order valence-electron chi connectivity index (χ0n) is 9.50. The zero-order chi connectivity index (χ0) is 12.3. The van der Waals surface area contributed by atoms with Crippen LogP contribution < -0.4 is 5.32 Å². The Labute approximate surface area is 111 Å². The van der Waals surface area contributed by atoms with E-state index >= 15 is 0 Å². The molecule has 0 amide bonds. The lowest BCUT2D eigenvalue weighted by Gasteiger charge is -2.07. The fourth-order valence-corrected chi connectivity index (χ4v) is 1.85. The molecule has 0 aromatic heterocycles. The fourth-order valence-electron chi connectivity index (χ4n) is 1.52. The molecule has 0 bridgehead atoms. The first-order valence-corrected chi connectivity index (χ1v) is 6.15. The van der Waals surface area contributed by atoms with Crippen LogP contribution in [0.1, 0.15) is 11.1 Å². The molecule has 0 saturated heterocycles. The minimum atomic E-state index is 0.744. The molecule has 0 radical (unpaired) electrons. The lowest BCUT2D eigenvalue weighted by molar-refractivity contribution is 1.14. The van der Waals surface area contributed by atoms with Gasteiger partial charge in [-0.3, -0.25) is 0 Å². The van der Waals surface area contributed by atoms with Gasteiger partial charge in [0.25, 0.3) is 0 Å². The second-order valence-corrected chi connectivity index (χ2v) is 4.79. The average molecular weight is 266 g/mol. The molecule has 0 unspecified atom stereocenters. The van der Waals surface area contributed by atoms with Gasteiger partial charge in [-0.05, 0) is 48.4 Å². The first-order chi connectivity index (χ1) is 8.15. The van der Waals surface area contributed by atoms with Crippen LogP contribution >= 0.6 is 23.2 Å². The van der Waals surface area contributed by atoms with E-state index in [2.05, 4.69) is 11.4 Å². The SMILES string of the molecule is Cc1ccc(CNc2ccc(Cl)cc2)cc1Cl. The monoisotopic (exact) mass is 265 g/mol. The van der Waals surface area contributed by atoms with E-state index in [4.69, 9.17) is 23.2 Å².